The van der Waals surface area contributed by atoms with Crippen LogP contribution in [-0.2, 0) is 33.3 Å². The van der Waals surface area contributed by atoms with Crippen LogP contribution in [0, 0.1) is 0 Å². The van der Waals surface area contributed by atoms with Gasteiger partial charge in [-0.2, -0.15) is 9.98 Å². The molecule has 0 spiro atoms. The number of hydrogen-bond donors (Lipinski definition) is 0. The van der Waals surface area contributed by atoms with E-state index in [2.05, 4.69) is 9.98 Å². The van der Waals surface area contributed by atoms with E-state index in [-0.39, 0.29) is 26.4 Å². The summed E-state index contributed by atoms with van der Waals surface area (Å²) in [7, 11) is 0. The van der Waals surface area contributed by atoms with Crippen molar-refractivity contribution in [3.8, 4) is 0 Å². The third-order valence-corrected chi connectivity index (χ3v) is 4.22. The Morgan fingerprint density at radius 3 is 1.17 bits per heavy atom. The number of rotatable bonds is 16. The number of carbonyl (C=O) groups excluding carboxylic acids is 4. The number of isocyanates is 2. The number of hydrogen-bond acceptors (Lipinski definition) is 11. The molecule has 0 saturated carbocycles. The molecule has 0 atom stereocenters. The Morgan fingerprint density at radius 1 is 0.543 bits per heavy atom. The summed E-state index contributed by atoms with van der Waals surface area (Å²) < 4.78 is 26.2. The van der Waals surface area contributed by atoms with Crippen LogP contribution in [0.25, 0.3) is 0 Å². The molecule has 0 amide bonds. The van der Waals surface area contributed by atoms with Gasteiger partial charge in [-0.25, -0.2) is 19.2 Å². The highest BCUT2D eigenvalue weighted by Crippen LogP contribution is 2.13. The summed E-state index contributed by atoms with van der Waals surface area (Å²) in [6, 6.07) is 12.1. The maximum Gasteiger partial charge on any atom is 0.338 e. The van der Waals surface area contributed by atoms with E-state index in [1.165, 1.54) is 60.7 Å². The largest absolute Gasteiger partial charge is 0.460 e. The van der Waals surface area contributed by atoms with Gasteiger partial charge >= 0.3 is 11.9 Å². The van der Waals surface area contributed by atoms with Crippen LogP contribution in [0.5, 0.6) is 0 Å². The number of esters is 2. The van der Waals surface area contributed by atoms with Gasteiger partial charge in [-0.15, -0.1) is 0 Å². The van der Waals surface area contributed by atoms with Crippen molar-refractivity contribution in [2.75, 3.05) is 52.9 Å². The van der Waals surface area contributed by atoms with Gasteiger partial charge in [0.2, 0.25) is 12.2 Å². The van der Waals surface area contributed by atoms with Crippen molar-refractivity contribution in [2.45, 2.75) is 0 Å². The van der Waals surface area contributed by atoms with Crippen LogP contribution in [0.3, 0.4) is 0 Å². The van der Waals surface area contributed by atoms with Crippen molar-refractivity contribution < 1.29 is 42.9 Å². The number of benzene rings is 2. The summed E-state index contributed by atoms with van der Waals surface area (Å²) in [5, 5.41) is 0. The lowest BCUT2D eigenvalue weighted by Crippen LogP contribution is -2.15. The van der Waals surface area contributed by atoms with Crippen LogP contribution in [0.15, 0.2) is 58.5 Å². The monoisotopic (exact) mass is 484 g/mol. The van der Waals surface area contributed by atoms with Gasteiger partial charge in [0.15, 0.2) is 0 Å². The minimum atomic E-state index is -0.503. The molecule has 0 fully saturated rings. The van der Waals surface area contributed by atoms with Gasteiger partial charge in [0.1, 0.15) is 13.2 Å². The van der Waals surface area contributed by atoms with Gasteiger partial charge in [0.25, 0.3) is 0 Å². The third kappa shape index (κ3) is 11.1. The lowest BCUT2D eigenvalue weighted by Gasteiger charge is -2.08. The average molecular weight is 484 g/mol. The van der Waals surface area contributed by atoms with Crippen molar-refractivity contribution in [1.29, 1.82) is 0 Å². The van der Waals surface area contributed by atoms with Gasteiger partial charge in [-0.1, -0.05) is 0 Å². The van der Waals surface area contributed by atoms with Crippen molar-refractivity contribution in [1.82, 2.24) is 0 Å². The van der Waals surface area contributed by atoms with Gasteiger partial charge in [-0.05, 0) is 48.5 Å². The van der Waals surface area contributed by atoms with E-state index in [9.17, 15) is 19.2 Å². The van der Waals surface area contributed by atoms with Crippen LogP contribution in [0.4, 0.5) is 11.4 Å². The molecule has 11 nitrogen and oxygen atoms in total. The quantitative estimate of drug-likeness (QED) is 0.152. The molecule has 35 heavy (non-hydrogen) atoms. The smallest absolute Gasteiger partial charge is 0.338 e. The maximum atomic E-state index is 11.9. The molecule has 11 heteroatoms. The second-order valence-corrected chi connectivity index (χ2v) is 6.61. The van der Waals surface area contributed by atoms with E-state index in [1.807, 2.05) is 0 Å². The van der Waals surface area contributed by atoms with Crippen molar-refractivity contribution in [3.63, 3.8) is 0 Å². The van der Waals surface area contributed by atoms with Crippen molar-refractivity contribution in [2.24, 2.45) is 9.98 Å². The minimum Gasteiger partial charge on any atom is -0.460 e. The van der Waals surface area contributed by atoms with Crippen molar-refractivity contribution >= 4 is 35.5 Å². The first-order valence-corrected chi connectivity index (χ1v) is 10.6. The highest BCUT2D eigenvalue weighted by atomic mass is 16.6. The third-order valence-electron chi connectivity index (χ3n) is 4.22. The van der Waals surface area contributed by atoms with E-state index < -0.39 is 11.9 Å². The Balaban J connectivity index is 1.41. The molecule has 0 heterocycles. The van der Waals surface area contributed by atoms with E-state index in [0.29, 0.717) is 48.9 Å². The summed E-state index contributed by atoms with van der Waals surface area (Å²) in [5.74, 6) is -1.01. The molecule has 0 aliphatic rings. The minimum absolute atomic E-state index is 0.0890. The van der Waals surface area contributed by atoms with Gasteiger partial charge in [0, 0.05) is 0 Å². The maximum absolute atomic E-state index is 11.9. The Bertz CT molecular complexity index is 942. The summed E-state index contributed by atoms with van der Waals surface area (Å²) in [4.78, 5) is 51.0. The van der Waals surface area contributed by atoms with Gasteiger partial charge < -0.3 is 23.7 Å². The molecule has 0 N–H and O–H groups in total. The van der Waals surface area contributed by atoms with Crippen LogP contribution < -0.4 is 0 Å². The van der Waals surface area contributed by atoms with Gasteiger partial charge in [0.05, 0.1) is 62.1 Å². The molecule has 0 aliphatic heterocycles. The second kappa shape index (κ2) is 16.6. The van der Waals surface area contributed by atoms with E-state index in [4.69, 9.17) is 23.7 Å². The van der Waals surface area contributed by atoms with E-state index in [0.717, 1.165) is 0 Å². The van der Waals surface area contributed by atoms with Crippen LogP contribution in [0.1, 0.15) is 20.7 Å². The Kier molecular flexibility index (Phi) is 12.9. The highest BCUT2D eigenvalue weighted by Gasteiger charge is 2.07. The average Bonchev–Trinajstić information content (AvgIpc) is 2.88. The topological polar surface area (TPSA) is 139 Å². The molecule has 0 unspecified atom stereocenters. The van der Waals surface area contributed by atoms with Crippen LogP contribution in [-0.4, -0.2) is 77.0 Å². The van der Waals surface area contributed by atoms with E-state index >= 15 is 0 Å². The SMILES string of the molecule is O=C=Nc1ccc(C(=O)OCCOCCOCCOCCOC(=O)c2ccc(N=C=O)cc2)cc1. The molecular formula is C24H24N2O9. The molecular weight excluding hydrogens is 460 g/mol. The van der Waals surface area contributed by atoms with E-state index in [1.54, 1.807) is 0 Å². The zero-order valence-electron chi connectivity index (χ0n) is 18.8. The molecule has 0 saturated heterocycles. The molecule has 2 aromatic carbocycles. The molecule has 0 aliphatic carbocycles. The number of ether oxygens (including phenoxy) is 5. The summed E-state index contributed by atoms with van der Waals surface area (Å²) in [6.07, 6.45) is 2.84. The fourth-order valence-electron chi connectivity index (χ4n) is 2.54. The first-order valence-electron chi connectivity index (χ1n) is 10.6. The second-order valence-electron chi connectivity index (χ2n) is 6.61. The Hall–Kier alpha value is -3.98. The predicted molar refractivity (Wildman–Crippen MR) is 121 cm³/mol. The predicted octanol–water partition coefficient (Wildman–Crippen LogP) is 2.68. The lowest BCUT2D eigenvalue weighted by molar-refractivity contribution is -0.00674. The normalized spacial score (nSPS) is 10.1. The highest BCUT2D eigenvalue weighted by molar-refractivity contribution is 5.90. The fraction of sp³-hybridized carbons (Fsp3) is 0.333. The number of carbonyl (C=O) groups is 2. The van der Waals surface area contributed by atoms with Gasteiger partial charge in [-0.3, -0.25) is 0 Å². The molecule has 0 radical (unpaired) electrons. The fourth-order valence-corrected chi connectivity index (χ4v) is 2.54. The molecule has 184 valence electrons. The standard InChI is InChI=1S/C24H24N2O9/c27-17-25-21-5-1-19(2-6-21)23(29)34-15-13-32-11-9-31-10-12-33-14-16-35-24(30)20-3-7-22(8-4-20)26-18-28/h1-8H,9-16H2. The number of nitrogens with zero attached hydrogens (tertiary/aromatic N) is 2. The molecule has 2 aromatic rings. The number of aliphatic imine (C=N–C) groups is 2. The zero-order valence-corrected chi connectivity index (χ0v) is 18.8. The Labute approximate surface area is 201 Å². The summed E-state index contributed by atoms with van der Waals surface area (Å²) >= 11 is 0. The first kappa shape index (κ1) is 27.3. The molecule has 0 aromatic heterocycles. The van der Waals surface area contributed by atoms with Crippen molar-refractivity contribution in [3.05, 3.63) is 59.7 Å². The summed E-state index contributed by atoms with van der Waals surface area (Å²) in [5.41, 5.74) is 1.49. The molecule has 0 bridgehead atoms. The summed E-state index contributed by atoms with van der Waals surface area (Å²) in [6.45, 7) is 1.95. The Morgan fingerprint density at radius 2 is 0.857 bits per heavy atom. The lowest BCUT2D eigenvalue weighted by atomic mass is 10.2. The van der Waals surface area contributed by atoms with Crippen LogP contribution in [0.2, 0.25) is 0 Å². The van der Waals surface area contributed by atoms with Crippen LogP contribution >= 0.6 is 0 Å². The first-order chi connectivity index (χ1) is 17.1. The molecule has 2 rings (SSSR count). The zero-order chi connectivity index (χ0) is 25.1.